The molecule has 5 nitrogen and oxygen atoms in total. The van der Waals surface area contributed by atoms with Crippen LogP contribution in [0.1, 0.15) is 44.6 Å². The van der Waals surface area contributed by atoms with Gasteiger partial charge in [0, 0.05) is 25.2 Å². The maximum absolute atomic E-state index is 12.2. The number of fused-ring (bicyclic) bond motifs is 1. The third-order valence-electron chi connectivity index (χ3n) is 4.54. The van der Waals surface area contributed by atoms with Gasteiger partial charge in [0.2, 0.25) is 5.91 Å². The van der Waals surface area contributed by atoms with E-state index in [1.807, 2.05) is 17.0 Å². The van der Waals surface area contributed by atoms with Crippen molar-refractivity contribution in [2.45, 2.75) is 45.4 Å². The predicted octanol–water partition coefficient (Wildman–Crippen LogP) is 3.50. The van der Waals surface area contributed by atoms with Gasteiger partial charge in [-0.3, -0.25) is 9.69 Å². The first-order valence-corrected chi connectivity index (χ1v) is 8.58. The minimum atomic E-state index is -0.265. The summed E-state index contributed by atoms with van der Waals surface area (Å²) in [5.41, 5.74) is 2.99. The molecule has 124 valence electrons. The lowest BCUT2D eigenvalue weighted by molar-refractivity contribution is -0.119. The van der Waals surface area contributed by atoms with Gasteiger partial charge in [-0.15, -0.1) is 0 Å². The molecule has 0 bridgehead atoms. The molecule has 2 aliphatic rings. The molecule has 2 heterocycles. The van der Waals surface area contributed by atoms with E-state index in [2.05, 4.69) is 13.0 Å². The van der Waals surface area contributed by atoms with Crippen molar-refractivity contribution >= 4 is 23.4 Å². The molecule has 0 atom stereocenters. The number of benzene rings is 1. The summed E-state index contributed by atoms with van der Waals surface area (Å²) < 4.78 is 5.31. The molecule has 5 heteroatoms. The van der Waals surface area contributed by atoms with Gasteiger partial charge < -0.3 is 9.64 Å². The predicted molar refractivity (Wildman–Crippen MR) is 90.0 cm³/mol. The van der Waals surface area contributed by atoms with E-state index in [-0.39, 0.29) is 12.0 Å². The average molecular weight is 316 g/mol. The summed E-state index contributed by atoms with van der Waals surface area (Å²) in [6.45, 7) is 3.99. The van der Waals surface area contributed by atoms with Crippen molar-refractivity contribution in [3.05, 3.63) is 23.8 Å². The van der Waals surface area contributed by atoms with Gasteiger partial charge in [-0.05, 0) is 49.4 Å². The zero-order valence-electron chi connectivity index (χ0n) is 13.7. The molecule has 0 aliphatic carbocycles. The number of carbonyl (C=O) groups excluding carboxylic acids is 2. The molecular weight excluding hydrogens is 292 g/mol. The smallest absolute Gasteiger partial charge is 0.414 e. The van der Waals surface area contributed by atoms with Gasteiger partial charge in [0.15, 0.2) is 0 Å². The molecule has 0 saturated carbocycles. The standard InChI is InChI=1S/C18H24N2O3/c1-2-3-12-23-18(22)20-11-9-14-13-15(7-8-16(14)20)19-10-5-4-6-17(19)21/h7-8,13H,2-6,9-12H2,1H3. The maximum Gasteiger partial charge on any atom is 0.414 e. The highest BCUT2D eigenvalue weighted by Gasteiger charge is 2.27. The molecule has 23 heavy (non-hydrogen) atoms. The first-order chi connectivity index (χ1) is 11.2. The second kappa shape index (κ2) is 7.02. The minimum absolute atomic E-state index is 0.199. The fourth-order valence-electron chi connectivity index (χ4n) is 3.21. The lowest BCUT2D eigenvalue weighted by atomic mass is 10.1. The number of hydrogen-bond acceptors (Lipinski definition) is 3. The van der Waals surface area contributed by atoms with Crippen LogP contribution in [-0.2, 0) is 16.0 Å². The molecule has 0 N–H and O–H groups in total. The summed E-state index contributed by atoms with van der Waals surface area (Å²) in [7, 11) is 0. The molecular formula is C18H24N2O3. The van der Waals surface area contributed by atoms with Crippen LogP contribution in [0.25, 0.3) is 0 Å². The molecule has 0 spiro atoms. The minimum Gasteiger partial charge on any atom is -0.449 e. The number of unbranched alkanes of at least 4 members (excludes halogenated alkanes) is 1. The maximum atomic E-state index is 12.2. The van der Waals surface area contributed by atoms with Crippen LogP contribution < -0.4 is 9.80 Å². The summed E-state index contributed by atoms with van der Waals surface area (Å²) in [5, 5.41) is 0. The largest absolute Gasteiger partial charge is 0.449 e. The second-order valence-electron chi connectivity index (χ2n) is 6.19. The fourth-order valence-corrected chi connectivity index (χ4v) is 3.21. The van der Waals surface area contributed by atoms with E-state index in [0.717, 1.165) is 55.6 Å². The molecule has 1 fully saturated rings. The monoisotopic (exact) mass is 316 g/mol. The van der Waals surface area contributed by atoms with E-state index in [4.69, 9.17) is 4.74 Å². The number of carbonyl (C=O) groups is 2. The number of anilines is 2. The van der Waals surface area contributed by atoms with Gasteiger partial charge in [-0.25, -0.2) is 4.79 Å². The van der Waals surface area contributed by atoms with Crippen LogP contribution in [-0.4, -0.2) is 31.7 Å². The van der Waals surface area contributed by atoms with Gasteiger partial charge >= 0.3 is 6.09 Å². The SMILES string of the molecule is CCCCOC(=O)N1CCc2cc(N3CCCCC3=O)ccc21. The summed E-state index contributed by atoms with van der Waals surface area (Å²) in [4.78, 5) is 27.8. The Hall–Kier alpha value is -2.04. The summed E-state index contributed by atoms with van der Waals surface area (Å²) >= 11 is 0. The van der Waals surface area contributed by atoms with Crippen molar-refractivity contribution in [2.24, 2.45) is 0 Å². The number of ether oxygens (including phenoxy) is 1. The highest BCUT2D eigenvalue weighted by atomic mass is 16.6. The van der Waals surface area contributed by atoms with E-state index < -0.39 is 0 Å². The molecule has 0 aromatic heterocycles. The number of nitrogens with zero attached hydrogens (tertiary/aromatic N) is 2. The summed E-state index contributed by atoms with van der Waals surface area (Å²) in [6.07, 6.45) is 5.12. The van der Waals surface area contributed by atoms with Crippen LogP contribution in [0.5, 0.6) is 0 Å². The molecule has 1 saturated heterocycles. The molecule has 1 aromatic rings. The Kier molecular flexibility index (Phi) is 4.84. The fraction of sp³-hybridized carbons (Fsp3) is 0.556. The Morgan fingerprint density at radius 2 is 2.09 bits per heavy atom. The van der Waals surface area contributed by atoms with Gasteiger partial charge in [-0.1, -0.05) is 13.3 Å². The van der Waals surface area contributed by atoms with E-state index in [9.17, 15) is 9.59 Å². The molecule has 2 aliphatic heterocycles. The van der Waals surface area contributed by atoms with E-state index >= 15 is 0 Å². The zero-order valence-corrected chi connectivity index (χ0v) is 13.7. The van der Waals surface area contributed by atoms with E-state index in [1.54, 1.807) is 4.90 Å². The Morgan fingerprint density at radius 1 is 1.22 bits per heavy atom. The van der Waals surface area contributed by atoms with Crippen molar-refractivity contribution in [2.75, 3.05) is 29.5 Å². The molecule has 0 radical (unpaired) electrons. The Balaban J connectivity index is 1.72. The third-order valence-corrected chi connectivity index (χ3v) is 4.54. The zero-order chi connectivity index (χ0) is 16.2. The normalized spacial score (nSPS) is 17.3. The first kappa shape index (κ1) is 15.8. The quantitative estimate of drug-likeness (QED) is 0.799. The van der Waals surface area contributed by atoms with Crippen LogP contribution in [0.15, 0.2) is 18.2 Å². The van der Waals surface area contributed by atoms with Crippen LogP contribution in [0.3, 0.4) is 0 Å². The average Bonchev–Trinajstić information content (AvgIpc) is 2.98. The Morgan fingerprint density at radius 3 is 2.87 bits per heavy atom. The highest BCUT2D eigenvalue weighted by Crippen LogP contribution is 2.33. The Bertz CT molecular complexity index is 600. The number of piperidine rings is 1. The summed E-state index contributed by atoms with van der Waals surface area (Å²) in [6, 6.07) is 5.94. The van der Waals surface area contributed by atoms with Gasteiger partial charge in [-0.2, -0.15) is 0 Å². The second-order valence-corrected chi connectivity index (χ2v) is 6.19. The highest BCUT2D eigenvalue weighted by molar-refractivity contribution is 5.95. The molecule has 3 rings (SSSR count). The van der Waals surface area contributed by atoms with E-state index in [1.165, 1.54) is 0 Å². The van der Waals surface area contributed by atoms with Crippen molar-refractivity contribution in [1.29, 1.82) is 0 Å². The summed E-state index contributed by atoms with van der Waals surface area (Å²) in [5.74, 6) is 0.199. The van der Waals surface area contributed by atoms with Crippen molar-refractivity contribution < 1.29 is 14.3 Å². The van der Waals surface area contributed by atoms with Gasteiger partial charge in [0.25, 0.3) is 0 Å². The van der Waals surface area contributed by atoms with E-state index in [0.29, 0.717) is 19.6 Å². The number of amides is 2. The van der Waals surface area contributed by atoms with Crippen molar-refractivity contribution in [1.82, 2.24) is 0 Å². The molecule has 1 aromatic carbocycles. The van der Waals surface area contributed by atoms with Crippen molar-refractivity contribution in [3.63, 3.8) is 0 Å². The third kappa shape index (κ3) is 3.33. The van der Waals surface area contributed by atoms with Crippen LogP contribution in [0.4, 0.5) is 16.2 Å². The van der Waals surface area contributed by atoms with Crippen molar-refractivity contribution in [3.8, 4) is 0 Å². The van der Waals surface area contributed by atoms with Crippen LogP contribution in [0, 0.1) is 0 Å². The first-order valence-electron chi connectivity index (χ1n) is 8.58. The lowest BCUT2D eigenvalue weighted by Crippen LogP contribution is -2.35. The molecule has 2 amide bonds. The van der Waals surface area contributed by atoms with Gasteiger partial charge in [0.1, 0.15) is 0 Å². The Labute approximate surface area is 137 Å². The van der Waals surface area contributed by atoms with Gasteiger partial charge in [0.05, 0.1) is 12.3 Å². The number of hydrogen-bond donors (Lipinski definition) is 0. The topological polar surface area (TPSA) is 49.9 Å². The molecule has 0 unspecified atom stereocenters. The van der Waals surface area contributed by atoms with Crippen LogP contribution >= 0.6 is 0 Å². The number of rotatable bonds is 4. The van der Waals surface area contributed by atoms with Crippen LogP contribution in [0.2, 0.25) is 0 Å². The lowest BCUT2D eigenvalue weighted by Gasteiger charge is -2.27.